The van der Waals surface area contributed by atoms with Gasteiger partial charge >= 0.3 is 0 Å². The average molecular weight is 393 g/mol. The van der Waals surface area contributed by atoms with Crippen molar-refractivity contribution in [2.24, 2.45) is 10.9 Å². The zero-order valence-corrected chi connectivity index (χ0v) is 17.1. The van der Waals surface area contributed by atoms with Crippen molar-refractivity contribution in [2.75, 3.05) is 13.2 Å². The lowest BCUT2D eigenvalue weighted by Gasteiger charge is -2.22. The van der Waals surface area contributed by atoms with Gasteiger partial charge < -0.3 is 15.7 Å². The number of aliphatic hydroxyl groups is 1. The van der Waals surface area contributed by atoms with Gasteiger partial charge in [-0.25, -0.2) is 0 Å². The van der Waals surface area contributed by atoms with Gasteiger partial charge in [0.1, 0.15) is 6.61 Å². The fourth-order valence-electron chi connectivity index (χ4n) is 4.68. The normalized spacial score (nSPS) is 25.2. The van der Waals surface area contributed by atoms with Crippen molar-refractivity contribution in [1.29, 1.82) is 0 Å². The zero-order valence-electron chi connectivity index (χ0n) is 17.1. The van der Waals surface area contributed by atoms with Crippen LogP contribution in [0.25, 0.3) is 0 Å². The van der Waals surface area contributed by atoms with Gasteiger partial charge in [-0.2, -0.15) is 0 Å². The van der Waals surface area contributed by atoms with E-state index < -0.39 is 5.54 Å². The molecule has 2 aromatic carbocycles. The van der Waals surface area contributed by atoms with E-state index in [-0.39, 0.29) is 6.61 Å². The van der Waals surface area contributed by atoms with Crippen LogP contribution in [0.15, 0.2) is 53.7 Å². The van der Waals surface area contributed by atoms with Crippen LogP contribution in [0.4, 0.5) is 0 Å². The van der Waals surface area contributed by atoms with E-state index in [0.717, 1.165) is 57.1 Å². The lowest BCUT2D eigenvalue weighted by Crippen LogP contribution is -2.40. The molecule has 0 bridgehead atoms. The Bertz CT molecular complexity index is 849. The highest BCUT2D eigenvalue weighted by molar-refractivity contribution is 5.88. The number of oxime groups is 1. The minimum Gasteiger partial charge on any atom is -0.396 e. The lowest BCUT2D eigenvalue weighted by atomic mass is 9.85. The summed E-state index contributed by atoms with van der Waals surface area (Å²) in [7, 11) is 0. The topological polar surface area (TPSA) is 67.8 Å². The Hall–Kier alpha value is -2.17. The van der Waals surface area contributed by atoms with Gasteiger partial charge in [-0.15, -0.1) is 0 Å². The number of nitrogens with two attached hydrogens (primary N) is 1. The van der Waals surface area contributed by atoms with Crippen LogP contribution in [-0.4, -0.2) is 29.6 Å². The fourth-order valence-corrected chi connectivity index (χ4v) is 4.68. The second kappa shape index (κ2) is 9.10. The van der Waals surface area contributed by atoms with Gasteiger partial charge in [0, 0.05) is 12.0 Å². The molecule has 2 aromatic rings. The van der Waals surface area contributed by atoms with Crippen LogP contribution in [0, 0.1) is 0 Å². The molecule has 0 saturated heterocycles. The van der Waals surface area contributed by atoms with Crippen molar-refractivity contribution in [2.45, 2.75) is 62.8 Å². The molecule has 0 aromatic heterocycles. The summed E-state index contributed by atoms with van der Waals surface area (Å²) >= 11 is 0. The highest BCUT2D eigenvalue weighted by atomic mass is 16.6. The summed E-state index contributed by atoms with van der Waals surface area (Å²) in [5.74, 6) is 0.473. The number of hydrogen-bond donors (Lipinski definition) is 2. The van der Waals surface area contributed by atoms with E-state index in [1.807, 2.05) is 6.07 Å². The quantitative estimate of drug-likeness (QED) is 0.550. The van der Waals surface area contributed by atoms with Gasteiger partial charge in [-0.05, 0) is 73.1 Å². The summed E-state index contributed by atoms with van der Waals surface area (Å²) in [5, 5.41) is 13.9. The molecular formula is C25H32N2O2. The molecule has 2 aliphatic carbocycles. The summed E-state index contributed by atoms with van der Waals surface area (Å²) in [6, 6.07) is 17.4. The Morgan fingerprint density at radius 2 is 1.97 bits per heavy atom. The third kappa shape index (κ3) is 5.06. The highest BCUT2D eigenvalue weighted by Gasteiger charge is 2.36. The van der Waals surface area contributed by atoms with Crippen molar-refractivity contribution in [3.8, 4) is 0 Å². The Balaban J connectivity index is 1.28. The number of aryl methyl sites for hydroxylation is 2. The van der Waals surface area contributed by atoms with E-state index in [1.54, 1.807) is 0 Å². The smallest absolute Gasteiger partial charge is 0.117 e. The molecule has 0 unspecified atom stereocenters. The second-order valence-corrected chi connectivity index (χ2v) is 8.75. The molecule has 0 aliphatic heterocycles. The van der Waals surface area contributed by atoms with Crippen LogP contribution in [0.3, 0.4) is 0 Å². The van der Waals surface area contributed by atoms with Gasteiger partial charge in [-0.3, -0.25) is 0 Å². The van der Waals surface area contributed by atoms with Crippen LogP contribution in [0.2, 0.25) is 0 Å². The van der Waals surface area contributed by atoms with Gasteiger partial charge in [-0.1, -0.05) is 53.7 Å². The Kier molecular flexibility index (Phi) is 6.31. The highest BCUT2D eigenvalue weighted by Crippen LogP contribution is 2.40. The first-order valence-electron chi connectivity index (χ1n) is 10.9. The van der Waals surface area contributed by atoms with Crippen molar-refractivity contribution in [3.63, 3.8) is 0 Å². The molecule has 4 nitrogen and oxygen atoms in total. The van der Waals surface area contributed by atoms with Crippen molar-refractivity contribution < 1.29 is 9.94 Å². The number of rotatable bonds is 7. The van der Waals surface area contributed by atoms with E-state index in [9.17, 15) is 5.11 Å². The number of aliphatic hydroxyl groups excluding tert-OH is 1. The maximum atomic E-state index is 9.52. The van der Waals surface area contributed by atoms with Crippen molar-refractivity contribution in [1.82, 2.24) is 0 Å². The number of hydrogen-bond acceptors (Lipinski definition) is 4. The van der Waals surface area contributed by atoms with E-state index in [4.69, 9.17) is 10.6 Å². The van der Waals surface area contributed by atoms with Crippen molar-refractivity contribution >= 4 is 5.71 Å². The maximum absolute atomic E-state index is 9.52. The number of benzene rings is 2. The van der Waals surface area contributed by atoms with E-state index in [1.165, 1.54) is 22.3 Å². The third-order valence-electron chi connectivity index (χ3n) is 6.48. The molecule has 1 saturated carbocycles. The number of fused-ring (bicyclic) bond motifs is 1. The molecule has 1 fully saturated rings. The summed E-state index contributed by atoms with van der Waals surface area (Å²) < 4.78 is 0. The minimum atomic E-state index is -0.391. The first-order chi connectivity index (χ1) is 14.1. The van der Waals surface area contributed by atoms with Crippen LogP contribution >= 0.6 is 0 Å². The first kappa shape index (κ1) is 20.1. The van der Waals surface area contributed by atoms with Gasteiger partial charge in [0.25, 0.3) is 0 Å². The summed E-state index contributed by atoms with van der Waals surface area (Å²) in [4.78, 5) is 5.60. The lowest BCUT2D eigenvalue weighted by molar-refractivity contribution is 0.140. The molecule has 0 heterocycles. The predicted molar refractivity (Wildman–Crippen MR) is 117 cm³/mol. The fraction of sp³-hybridized carbons (Fsp3) is 0.480. The Labute approximate surface area is 173 Å². The van der Waals surface area contributed by atoms with Crippen LogP contribution in [0.1, 0.15) is 60.3 Å². The molecule has 3 N–H and O–H groups in total. The molecule has 154 valence electrons. The standard InChI is InChI=1S/C25H32N2O2/c26-25(18-28)13-12-23(17-25)21-8-9-22-16-24(11-10-20(22)15-21)27-29-14-4-7-19-5-2-1-3-6-19/h1-3,5-6,8-9,15,23,28H,4,7,10-14,16-18,26H2/b27-24-/t23-,25+/m0/s1. The Morgan fingerprint density at radius 3 is 2.76 bits per heavy atom. The molecule has 0 spiro atoms. The predicted octanol–water partition coefficient (Wildman–Crippen LogP) is 4.14. The van der Waals surface area contributed by atoms with Crippen LogP contribution in [0.5, 0.6) is 0 Å². The van der Waals surface area contributed by atoms with E-state index in [2.05, 4.69) is 47.6 Å². The monoisotopic (exact) mass is 392 g/mol. The summed E-state index contributed by atoms with van der Waals surface area (Å²) in [6.45, 7) is 0.747. The molecular weight excluding hydrogens is 360 g/mol. The molecule has 0 amide bonds. The largest absolute Gasteiger partial charge is 0.396 e. The first-order valence-corrected chi connectivity index (χ1v) is 10.9. The molecule has 2 aliphatic rings. The third-order valence-corrected chi connectivity index (χ3v) is 6.48. The van der Waals surface area contributed by atoms with Gasteiger partial charge in [0.05, 0.1) is 12.3 Å². The maximum Gasteiger partial charge on any atom is 0.117 e. The SMILES string of the molecule is N[C@]1(CO)CC[C@H](c2ccc3c(c2)CC/C(=N/OCCCc2ccccc2)C3)C1. The summed E-state index contributed by atoms with van der Waals surface area (Å²) in [6.07, 6.45) is 7.75. The van der Waals surface area contributed by atoms with Gasteiger partial charge in [0.2, 0.25) is 0 Å². The Morgan fingerprint density at radius 1 is 1.10 bits per heavy atom. The molecule has 4 rings (SSSR count). The zero-order chi connectivity index (χ0) is 20.1. The molecule has 29 heavy (non-hydrogen) atoms. The van der Waals surface area contributed by atoms with E-state index >= 15 is 0 Å². The molecule has 4 heteroatoms. The molecule has 0 radical (unpaired) electrons. The van der Waals surface area contributed by atoms with E-state index in [0.29, 0.717) is 12.5 Å². The minimum absolute atomic E-state index is 0.0829. The van der Waals surface area contributed by atoms with Gasteiger partial charge in [0.15, 0.2) is 0 Å². The van der Waals surface area contributed by atoms with Crippen molar-refractivity contribution in [3.05, 3.63) is 70.8 Å². The van der Waals surface area contributed by atoms with Crippen LogP contribution in [-0.2, 0) is 24.1 Å². The molecule has 2 atom stereocenters. The second-order valence-electron chi connectivity index (χ2n) is 8.75. The van der Waals surface area contributed by atoms with Crippen LogP contribution < -0.4 is 5.73 Å². The number of nitrogens with zero attached hydrogens (tertiary/aromatic N) is 1. The summed E-state index contributed by atoms with van der Waals surface area (Å²) in [5.41, 5.74) is 12.5. The average Bonchev–Trinajstić information content (AvgIpc) is 3.16.